The van der Waals surface area contributed by atoms with Crippen LogP contribution in [0.3, 0.4) is 0 Å². The van der Waals surface area contributed by atoms with Gasteiger partial charge in [0.1, 0.15) is 5.82 Å². The second-order valence-corrected chi connectivity index (χ2v) is 4.36. The molecule has 0 unspecified atom stereocenters. The van der Waals surface area contributed by atoms with Crippen LogP contribution >= 0.6 is 0 Å². The average Bonchev–Trinajstić information content (AvgIpc) is 2.21. The number of nitrogens with zero attached hydrogens (tertiary/aromatic N) is 2. The van der Waals surface area contributed by atoms with E-state index in [-0.39, 0.29) is 11.2 Å². The summed E-state index contributed by atoms with van der Waals surface area (Å²) in [4.78, 5) is 27.3. The molecule has 0 aromatic carbocycles. The maximum Gasteiger partial charge on any atom is 0.329 e. The van der Waals surface area contributed by atoms with Crippen LogP contribution in [0.15, 0.2) is 15.7 Å². The number of hydrogen-bond donors (Lipinski definition) is 1. The van der Waals surface area contributed by atoms with Crippen molar-refractivity contribution >= 4 is 5.82 Å². The van der Waals surface area contributed by atoms with E-state index < -0.39 is 0 Å². The van der Waals surface area contributed by atoms with Gasteiger partial charge in [0.2, 0.25) is 0 Å². The van der Waals surface area contributed by atoms with Gasteiger partial charge in [-0.15, -0.1) is 0 Å². The predicted molar refractivity (Wildman–Crippen MR) is 56.3 cm³/mol. The van der Waals surface area contributed by atoms with E-state index >= 15 is 0 Å². The summed E-state index contributed by atoms with van der Waals surface area (Å²) in [6.07, 6.45) is 2.34. The third-order valence-corrected chi connectivity index (χ3v) is 3.30. The molecule has 0 amide bonds. The van der Waals surface area contributed by atoms with Crippen LogP contribution in [-0.2, 0) is 6.54 Å². The Hall–Kier alpha value is -1.52. The summed E-state index contributed by atoms with van der Waals surface area (Å²) in [5, 5.41) is 0. The van der Waals surface area contributed by atoms with Gasteiger partial charge in [-0.1, -0.05) is 0 Å². The first-order valence-electron chi connectivity index (χ1n) is 5.33. The van der Waals surface area contributed by atoms with E-state index in [1.54, 1.807) is 4.57 Å². The number of anilines is 1. The molecule has 0 saturated carbocycles. The van der Waals surface area contributed by atoms with Crippen LogP contribution in [0.5, 0.6) is 0 Å². The molecule has 5 nitrogen and oxygen atoms in total. The van der Waals surface area contributed by atoms with Crippen molar-refractivity contribution in [3.05, 3.63) is 26.9 Å². The Balaban J connectivity index is 2.21. The number of rotatable bonds is 0. The Kier molecular flexibility index (Phi) is 1.74. The standard InChI is InChI=1S/C10H13N3O2/c14-8-4-9-12-3-1-2-7(5-12)6-13(9)10(15)11-8/h4,7H,1-3,5-6H2,(H,11,14,15)/t7-/m1/s1. The van der Waals surface area contributed by atoms with Crippen molar-refractivity contribution in [3.63, 3.8) is 0 Å². The van der Waals surface area contributed by atoms with Crippen molar-refractivity contribution in [2.75, 3.05) is 18.0 Å². The minimum atomic E-state index is -0.296. The first kappa shape index (κ1) is 8.76. The van der Waals surface area contributed by atoms with Gasteiger partial charge in [-0.2, -0.15) is 0 Å². The van der Waals surface area contributed by atoms with Gasteiger partial charge in [-0.25, -0.2) is 4.79 Å². The van der Waals surface area contributed by atoms with E-state index in [0.29, 0.717) is 5.92 Å². The first-order chi connectivity index (χ1) is 7.24. The molecule has 1 aromatic rings. The normalized spacial score (nSPS) is 23.7. The highest BCUT2D eigenvalue weighted by atomic mass is 16.2. The van der Waals surface area contributed by atoms with Crippen LogP contribution in [0, 0.1) is 5.92 Å². The quantitative estimate of drug-likeness (QED) is 0.639. The Labute approximate surface area is 86.3 Å². The molecule has 1 atom stereocenters. The smallest absolute Gasteiger partial charge is 0.329 e. The minimum Gasteiger partial charge on any atom is -0.357 e. The fourth-order valence-electron chi connectivity index (χ4n) is 2.63. The molecule has 0 spiro atoms. The summed E-state index contributed by atoms with van der Waals surface area (Å²) in [5.74, 6) is 1.36. The molecule has 1 N–H and O–H groups in total. The molecule has 3 rings (SSSR count). The molecule has 1 aromatic heterocycles. The summed E-state index contributed by atoms with van der Waals surface area (Å²) in [7, 11) is 0. The molecule has 80 valence electrons. The third kappa shape index (κ3) is 1.30. The van der Waals surface area contributed by atoms with Crippen molar-refractivity contribution in [1.82, 2.24) is 9.55 Å². The largest absolute Gasteiger partial charge is 0.357 e. The Bertz CT molecular complexity index is 502. The molecule has 1 fully saturated rings. The SMILES string of the molecule is O=c1cc2n(c(=O)[nH]1)C[C@@H]1CCCN2C1. The topological polar surface area (TPSA) is 58.1 Å². The van der Waals surface area contributed by atoms with Gasteiger partial charge >= 0.3 is 5.69 Å². The number of aromatic nitrogens is 2. The number of piperidine rings is 1. The highest BCUT2D eigenvalue weighted by Gasteiger charge is 2.28. The summed E-state index contributed by atoms with van der Waals surface area (Å²) < 4.78 is 1.69. The van der Waals surface area contributed by atoms with Crippen LogP contribution in [0.1, 0.15) is 12.8 Å². The van der Waals surface area contributed by atoms with E-state index in [9.17, 15) is 9.59 Å². The first-order valence-corrected chi connectivity index (χ1v) is 5.33. The molecule has 2 bridgehead atoms. The van der Waals surface area contributed by atoms with Crippen LogP contribution in [0.2, 0.25) is 0 Å². The van der Waals surface area contributed by atoms with Crippen LogP contribution in [0.4, 0.5) is 5.82 Å². The second kappa shape index (κ2) is 2.98. The van der Waals surface area contributed by atoms with Gasteiger partial charge < -0.3 is 4.90 Å². The molecule has 0 radical (unpaired) electrons. The lowest BCUT2D eigenvalue weighted by Gasteiger charge is -2.40. The summed E-state index contributed by atoms with van der Waals surface area (Å²) >= 11 is 0. The molecule has 5 heteroatoms. The summed E-state index contributed by atoms with van der Waals surface area (Å²) in [6.45, 7) is 2.70. The van der Waals surface area contributed by atoms with E-state index in [2.05, 4.69) is 9.88 Å². The van der Waals surface area contributed by atoms with Crippen molar-refractivity contribution in [3.8, 4) is 0 Å². The van der Waals surface area contributed by atoms with Gasteiger partial charge in [0.25, 0.3) is 5.56 Å². The van der Waals surface area contributed by atoms with E-state index in [4.69, 9.17) is 0 Å². The van der Waals surface area contributed by atoms with Crippen molar-refractivity contribution < 1.29 is 0 Å². The predicted octanol–water partition coefficient (Wildman–Crippen LogP) is -0.233. The number of aromatic amines is 1. The van der Waals surface area contributed by atoms with Crippen LogP contribution in [0.25, 0.3) is 0 Å². The molecule has 15 heavy (non-hydrogen) atoms. The Morgan fingerprint density at radius 2 is 2.20 bits per heavy atom. The monoisotopic (exact) mass is 207 g/mol. The Morgan fingerprint density at radius 3 is 3.07 bits per heavy atom. The van der Waals surface area contributed by atoms with Crippen molar-refractivity contribution in [2.24, 2.45) is 5.92 Å². The van der Waals surface area contributed by atoms with E-state index in [1.807, 2.05) is 0 Å². The highest BCUT2D eigenvalue weighted by Crippen LogP contribution is 2.27. The maximum atomic E-state index is 11.6. The zero-order valence-electron chi connectivity index (χ0n) is 8.40. The van der Waals surface area contributed by atoms with E-state index in [0.717, 1.165) is 31.9 Å². The minimum absolute atomic E-state index is 0.269. The fraction of sp³-hybridized carbons (Fsp3) is 0.600. The third-order valence-electron chi connectivity index (χ3n) is 3.30. The van der Waals surface area contributed by atoms with Gasteiger partial charge in [0.15, 0.2) is 0 Å². The number of nitrogens with one attached hydrogen (secondary N) is 1. The fourth-order valence-corrected chi connectivity index (χ4v) is 2.63. The average molecular weight is 207 g/mol. The lowest BCUT2D eigenvalue weighted by atomic mass is 9.96. The Morgan fingerprint density at radius 1 is 1.33 bits per heavy atom. The van der Waals surface area contributed by atoms with E-state index in [1.165, 1.54) is 12.5 Å². The summed E-state index contributed by atoms with van der Waals surface area (Å²) in [6, 6.07) is 1.53. The number of H-pyrrole nitrogens is 1. The van der Waals surface area contributed by atoms with Crippen molar-refractivity contribution in [1.29, 1.82) is 0 Å². The number of hydrogen-bond acceptors (Lipinski definition) is 3. The van der Waals surface area contributed by atoms with Crippen molar-refractivity contribution in [2.45, 2.75) is 19.4 Å². The lowest BCUT2D eigenvalue weighted by Crippen LogP contribution is -2.48. The zero-order chi connectivity index (χ0) is 10.4. The zero-order valence-corrected chi connectivity index (χ0v) is 8.40. The number of fused-ring (bicyclic) bond motifs is 4. The van der Waals surface area contributed by atoms with Gasteiger partial charge in [-0.3, -0.25) is 14.3 Å². The van der Waals surface area contributed by atoms with Crippen LogP contribution in [-0.4, -0.2) is 22.6 Å². The second-order valence-electron chi connectivity index (χ2n) is 4.36. The molecule has 1 saturated heterocycles. The summed E-state index contributed by atoms with van der Waals surface area (Å²) in [5.41, 5.74) is -0.565. The molecule has 2 aliphatic rings. The molecule has 2 aliphatic heterocycles. The van der Waals surface area contributed by atoms with Crippen LogP contribution < -0.4 is 16.1 Å². The maximum absolute atomic E-state index is 11.6. The lowest BCUT2D eigenvalue weighted by molar-refractivity contribution is 0.325. The molecular weight excluding hydrogens is 194 g/mol. The highest BCUT2D eigenvalue weighted by molar-refractivity contribution is 5.40. The molecular formula is C10H13N3O2. The van der Waals surface area contributed by atoms with Gasteiger partial charge in [0, 0.05) is 25.7 Å². The molecule has 0 aliphatic carbocycles. The molecule has 3 heterocycles. The van der Waals surface area contributed by atoms with Gasteiger partial charge in [-0.05, 0) is 18.8 Å². The van der Waals surface area contributed by atoms with Gasteiger partial charge in [0.05, 0.1) is 0 Å².